The van der Waals surface area contributed by atoms with Gasteiger partial charge >= 0.3 is 0 Å². The van der Waals surface area contributed by atoms with Crippen molar-refractivity contribution in [3.05, 3.63) is 71.9 Å². The lowest BCUT2D eigenvalue weighted by Crippen LogP contribution is -2.32. The number of hydrogen-bond donors (Lipinski definition) is 1. The number of para-hydroxylation sites is 1. The molecule has 192 valence electrons. The first kappa shape index (κ1) is 26.2. The van der Waals surface area contributed by atoms with E-state index < -0.39 is 5.91 Å². The second-order valence-electron chi connectivity index (χ2n) is 9.16. The molecule has 0 spiro atoms. The minimum Gasteiger partial charge on any atom is -0.494 e. The maximum Gasteiger partial charge on any atom is 0.262 e. The Labute approximate surface area is 218 Å². The standard InChI is InChI=1S/C30H34N4O3/c1-2-3-4-8-17-36-27-15-13-23(14-16-27)29-25(22-34(33-29)26-10-6-5-7-11-26)19-24(20-31)30(35)32-21-28-12-9-18-37-28/h5-7,10-11,13-16,19,22,28H,2-4,8-9,12,17-18,21H2,1H3,(H,32,35)/b24-19+/t28-/m1/s1. The van der Waals surface area contributed by atoms with E-state index in [0.29, 0.717) is 31.0 Å². The maximum absolute atomic E-state index is 12.8. The van der Waals surface area contributed by atoms with E-state index >= 15 is 0 Å². The van der Waals surface area contributed by atoms with E-state index in [0.717, 1.165) is 36.3 Å². The molecule has 0 unspecified atom stereocenters. The van der Waals surface area contributed by atoms with Crippen molar-refractivity contribution in [1.82, 2.24) is 15.1 Å². The normalized spacial score (nSPS) is 15.4. The number of hydrogen-bond acceptors (Lipinski definition) is 5. The Hall–Kier alpha value is -3.89. The van der Waals surface area contributed by atoms with E-state index in [1.54, 1.807) is 10.8 Å². The average molecular weight is 499 g/mol. The van der Waals surface area contributed by atoms with Crippen molar-refractivity contribution in [1.29, 1.82) is 5.26 Å². The molecule has 1 amide bonds. The van der Waals surface area contributed by atoms with Crippen molar-refractivity contribution < 1.29 is 14.3 Å². The van der Waals surface area contributed by atoms with Gasteiger partial charge in [-0.15, -0.1) is 0 Å². The van der Waals surface area contributed by atoms with Gasteiger partial charge in [-0.05, 0) is 61.7 Å². The number of unbranched alkanes of at least 4 members (excludes halogenated alkanes) is 3. The van der Waals surface area contributed by atoms with Gasteiger partial charge in [0, 0.05) is 30.5 Å². The molecule has 2 aromatic carbocycles. The number of nitrogens with one attached hydrogen (secondary N) is 1. The fourth-order valence-corrected chi connectivity index (χ4v) is 4.27. The van der Waals surface area contributed by atoms with Gasteiger partial charge in [0.25, 0.3) is 5.91 Å². The number of carbonyl (C=O) groups is 1. The fraction of sp³-hybridized carbons (Fsp3) is 0.367. The molecule has 1 aliphatic heterocycles. The first-order valence-electron chi connectivity index (χ1n) is 13.1. The van der Waals surface area contributed by atoms with Gasteiger partial charge in [0.2, 0.25) is 0 Å². The molecule has 3 aromatic rings. The lowest BCUT2D eigenvalue weighted by atomic mass is 10.1. The van der Waals surface area contributed by atoms with Gasteiger partial charge < -0.3 is 14.8 Å². The summed E-state index contributed by atoms with van der Waals surface area (Å²) in [7, 11) is 0. The highest BCUT2D eigenvalue weighted by Gasteiger charge is 2.19. The SMILES string of the molecule is CCCCCCOc1ccc(-c2nn(-c3ccccc3)cc2/C=C(\C#N)C(=O)NC[C@H]2CCCO2)cc1. The maximum atomic E-state index is 12.8. The Bertz CT molecular complexity index is 1220. The number of carbonyl (C=O) groups excluding carboxylic acids is 1. The lowest BCUT2D eigenvalue weighted by molar-refractivity contribution is -0.117. The molecule has 7 heteroatoms. The molecule has 0 bridgehead atoms. The van der Waals surface area contributed by atoms with Crippen LogP contribution in [-0.4, -0.2) is 41.6 Å². The van der Waals surface area contributed by atoms with Crippen LogP contribution in [0.1, 0.15) is 51.0 Å². The number of rotatable bonds is 12. The number of benzene rings is 2. The molecule has 0 radical (unpaired) electrons. The summed E-state index contributed by atoms with van der Waals surface area (Å²) in [5.41, 5.74) is 3.14. The van der Waals surface area contributed by atoms with Crippen molar-refractivity contribution >= 4 is 12.0 Å². The Balaban J connectivity index is 1.56. The summed E-state index contributed by atoms with van der Waals surface area (Å²) in [5.74, 6) is 0.397. The predicted octanol–water partition coefficient (Wildman–Crippen LogP) is 5.70. The average Bonchev–Trinajstić information content (AvgIpc) is 3.61. The quantitative estimate of drug-likeness (QED) is 0.197. The largest absolute Gasteiger partial charge is 0.494 e. The van der Waals surface area contributed by atoms with E-state index in [2.05, 4.69) is 18.3 Å². The van der Waals surface area contributed by atoms with Gasteiger partial charge in [0.15, 0.2) is 0 Å². The molecule has 0 aliphatic carbocycles. The van der Waals surface area contributed by atoms with Crippen LogP contribution in [0.5, 0.6) is 5.75 Å². The minimum absolute atomic E-state index is 0.00710. The molecule has 1 saturated heterocycles. The zero-order valence-electron chi connectivity index (χ0n) is 21.4. The van der Waals surface area contributed by atoms with Gasteiger partial charge in [-0.1, -0.05) is 44.4 Å². The van der Waals surface area contributed by atoms with Gasteiger partial charge in [-0.3, -0.25) is 4.79 Å². The number of amides is 1. The Morgan fingerprint density at radius 3 is 2.70 bits per heavy atom. The zero-order valence-corrected chi connectivity index (χ0v) is 21.4. The smallest absolute Gasteiger partial charge is 0.262 e. The molecule has 1 atom stereocenters. The third-order valence-corrected chi connectivity index (χ3v) is 6.34. The van der Waals surface area contributed by atoms with Gasteiger partial charge in [-0.25, -0.2) is 4.68 Å². The number of nitrogens with zero attached hydrogens (tertiary/aromatic N) is 3. The van der Waals surface area contributed by atoms with E-state index in [4.69, 9.17) is 14.6 Å². The molecule has 0 saturated carbocycles. The van der Waals surface area contributed by atoms with Crippen LogP contribution in [0.25, 0.3) is 23.0 Å². The van der Waals surface area contributed by atoms with E-state index in [9.17, 15) is 10.1 Å². The molecule has 1 fully saturated rings. The predicted molar refractivity (Wildman–Crippen MR) is 144 cm³/mol. The number of ether oxygens (including phenoxy) is 2. The summed E-state index contributed by atoms with van der Waals surface area (Å²) in [6, 6.07) is 19.6. The second-order valence-corrected chi connectivity index (χ2v) is 9.16. The highest BCUT2D eigenvalue weighted by Crippen LogP contribution is 2.28. The summed E-state index contributed by atoms with van der Waals surface area (Å²) in [4.78, 5) is 12.8. The second kappa shape index (κ2) is 13.4. The fourth-order valence-electron chi connectivity index (χ4n) is 4.27. The van der Waals surface area contributed by atoms with E-state index in [1.165, 1.54) is 19.3 Å². The molecule has 2 heterocycles. The minimum atomic E-state index is -0.414. The molecule has 1 N–H and O–H groups in total. The van der Waals surface area contributed by atoms with Crippen molar-refractivity contribution in [3.8, 4) is 28.8 Å². The van der Waals surface area contributed by atoms with Crippen molar-refractivity contribution in [2.45, 2.75) is 51.6 Å². The summed E-state index contributed by atoms with van der Waals surface area (Å²) in [6.07, 6.45) is 9.99. The molecular formula is C30H34N4O3. The first-order chi connectivity index (χ1) is 18.2. The zero-order chi connectivity index (χ0) is 25.9. The molecule has 1 aromatic heterocycles. The van der Waals surface area contributed by atoms with Crippen LogP contribution in [0.2, 0.25) is 0 Å². The lowest BCUT2D eigenvalue weighted by Gasteiger charge is -2.10. The topological polar surface area (TPSA) is 89.2 Å². The highest BCUT2D eigenvalue weighted by molar-refractivity contribution is 6.02. The van der Waals surface area contributed by atoms with Crippen LogP contribution < -0.4 is 10.1 Å². The van der Waals surface area contributed by atoms with Gasteiger partial charge in [-0.2, -0.15) is 10.4 Å². The van der Waals surface area contributed by atoms with Gasteiger partial charge in [0.05, 0.1) is 24.1 Å². The Morgan fingerprint density at radius 2 is 2.00 bits per heavy atom. The molecule has 1 aliphatic rings. The van der Waals surface area contributed by atoms with Crippen LogP contribution in [0.3, 0.4) is 0 Å². The van der Waals surface area contributed by atoms with E-state index in [-0.39, 0.29) is 11.7 Å². The molecule has 7 nitrogen and oxygen atoms in total. The van der Waals surface area contributed by atoms with Crippen LogP contribution in [0, 0.1) is 11.3 Å². The van der Waals surface area contributed by atoms with E-state index in [1.807, 2.05) is 60.8 Å². The number of nitriles is 1. The van der Waals surface area contributed by atoms with Crippen LogP contribution >= 0.6 is 0 Å². The Morgan fingerprint density at radius 1 is 1.19 bits per heavy atom. The summed E-state index contributed by atoms with van der Waals surface area (Å²) >= 11 is 0. The summed E-state index contributed by atoms with van der Waals surface area (Å²) in [6.45, 7) is 4.00. The summed E-state index contributed by atoms with van der Waals surface area (Å²) in [5, 5.41) is 17.4. The van der Waals surface area contributed by atoms with Crippen LogP contribution in [0.15, 0.2) is 66.4 Å². The molecule has 37 heavy (non-hydrogen) atoms. The first-order valence-corrected chi connectivity index (χ1v) is 13.1. The Kier molecular flexibility index (Phi) is 9.50. The highest BCUT2D eigenvalue weighted by atomic mass is 16.5. The molecule has 4 rings (SSSR count). The van der Waals surface area contributed by atoms with Crippen molar-refractivity contribution in [2.24, 2.45) is 0 Å². The van der Waals surface area contributed by atoms with Gasteiger partial charge in [0.1, 0.15) is 17.4 Å². The van der Waals surface area contributed by atoms with Crippen molar-refractivity contribution in [2.75, 3.05) is 19.8 Å². The van der Waals surface area contributed by atoms with Crippen molar-refractivity contribution in [3.63, 3.8) is 0 Å². The third kappa shape index (κ3) is 7.31. The summed E-state index contributed by atoms with van der Waals surface area (Å²) < 4.78 is 13.2. The van der Waals surface area contributed by atoms with Crippen LogP contribution in [0.4, 0.5) is 0 Å². The number of aromatic nitrogens is 2. The monoisotopic (exact) mass is 498 g/mol. The van der Waals surface area contributed by atoms with Crippen LogP contribution in [-0.2, 0) is 9.53 Å². The molecular weight excluding hydrogens is 464 g/mol. The third-order valence-electron chi connectivity index (χ3n) is 6.34.